The lowest BCUT2D eigenvalue weighted by atomic mass is 9.68. The van der Waals surface area contributed by atoms with Crippen LogP contribution in [0.2, 0.25) is 0 Å². The van der Waals surface area contributed by atoms with Gasteiger partial charge < -0.3 is 5.32 Å². The summed E-state index contributed by atoms with van der Waals surface area (Å²) in [6.07, 6.45) is 7.93. The molecule has 0 bridgehead atoms. The molecule has 4 aromatic rings. The van der Waals surface area contributed by atoms with Crippen LogP contribution in [0.4, 0.5) is 5.69 Å². The zero-order valence-electron chi connectivity index (χ0n) is 17.9. The average molecular weight is 432 g/mol. The molecule has 0 radical (unpaired) electrons. The lowest BCUT2D eigenvalue weighted by Gasteiger charge is -2.42. The highest BCUT2D eigenvalue weighted by Crippen LogP contribution is 2.45. The van der Waals surface area contributed by atoms with Crippen molar-refractivity contribution in [2.75, 3.05) is 11.9 Å². The summed E-state index contributed by atoms with van der Waals surface area (Å²) in [5.41, 5.74) is 6.18. The molecule has 1 N–H and O–H groups in total. The van der Waals surface area contributed by atoms with E-state index in [1.165, 1.54) is 5.56 Å². The molecule has 4 heterocycles. The van der Waals surface area contributed by atoms with Crippen molar-refractivity contribution in [2.45, 2.75) is 31.2 Å². The Bertz CT molecular complexity index is 1470. The van der Waals surface area contributed by atoms with E-state index in [0.29, 0.717) is 18.5 Å². The van der Waals surface area contributed by atoms with Gasteiger partial charge in [0, 0.05) is 41.1 Å². The molecule has 0 spiro atoms. The summed E-state index contributed by atoms with van der Waals surface area (Å²) in [6.45, 7) is 0.936. The second-order valence-corrected chi connectivity index (χ2v) is 8.81. The van der Waals surface area contributed by atoms with Crippen LogP contribution < -0.4 is 5.32 Å². The van der Waals surface area contributed by atoms with E-state index in [9.17, 15) is 10.5 Å². The van der Waals surface area contributed by atoms with Crippen LogP contribution in [0.1, 0.15) is 24.8 Å². The van der Waals surface area contributed by atoms with Crippen LogP contribution >= 0.6 is 0 Å². The molecule has 0 unspecified atom stereocenters. The van der Waals surface area contributed by atoms with Gasteiger partial charge in [0.15, 0.2) is 0 Å². The molecule has 1 saturated carbocycles. The molecule has 3 aromatic heterocycles. The Hall–Kier alpha value is -4.30. The molecule has 8 heteroatoms. The van der Waals surface area contributed by atoms with Crippen molar-refractivity contribution in [3.05, 3.63) is 54.5 Å². The molecule has 0 saturated heterocycles. The van der Waals surface area contributed by atoms with Crippen LogP contribution in [0.25, 0.3) is 33.4 Å². The fourth-order valence-electron chi connectivity index (χ4n) is 4.97. The minimum absolute atomic E-state index is 0.0550. The van der Waals surface area contributed by atoms with E-state index in [1.807, 2.05) is 24.4 Å². The van der Waals surface area contributed by atoms with Crippen LogP contribution in [0.3, 0.4) is 0 Å². The predicted molar refractivity (Wildman–Crippen MR) is 123 cm³/mol. The molecule has 0 atom stereocenters. The third-order valence-electron chi connectivity index (χ3n) is 6.75. The van der Waals surface area contributed by atoms with E-state index in [0.717, 1.165) is 46.4 Å². The van der Waals surface area contributed by atoms with Gasteiger partial charge in [0.25, 0.3) is 0 Å². The van der Waals surface area contributed by atoms with Gasteiger partial charge in [0.05, 0.1) is 47.4 Å². The van der Waals surface area contributed by atoms with Gasteiger partial charge in [-0.2, -0.15) is 25.5 Å². The Morgan fingerprint density at radius 3 is 2.88 bits per heavy atom. The molecular weight excluding hydrogens is 412 g/mol. The first kappa shape index (κ1) is 19.4. The van der Waals surface area contributed by atoms with Crippen LogP contribution in [0.5, 0.6) is 0 Å². The summed E-state index contributed by atoms with van der Waals surface area (Å²) < 4.78 is 0. The minimum Gasteiger partial charge on any atom is -0.384 e. The Morgan fingerprint density at radius 2 is 2.03 bits per heavy atom. The van der Waals surface area contributed by atoms with Crippen LogP contribution in [-0.4, -0.2) is 31.5 Å². The van der Waals surface area contributed by atoms with E-state index >= 15 is 0 Å². The van der Waals surface area contributed by atoms with Crippen molar-refractivity contribution < 1.29 is 0 Å². The molecule has 160 valence electrons. The monoisotopic (exact) mass is 432 g/mol. The Labute approximate surface area is 190 Å². The molecule has 0 amide bonds. The second-order valence-electron chi connectivity index (χ2n) is 8.81. The number of nitrogens with zero attached hydrogens (tertiary/aromatic N) is 7. The minimum atomic E-state index is -0.508. The molecular formula is C25H20N8. The third kappa shape index (κ3) is 3.11. The molecule has 1 fully saturated rings. The van der Waals surface area contributed by atoms with E-state index in [4.69, 9.17) is 10.1 Å². The number of fused-ring (bicyclic) bond motifs is 2. The van der Waals surface area contributed by atoms with Gasteiger partial charge in [-0.15, -0.1) is 0 Å². The standard InChI is InChI=1S/C25H20N8/c26-5-4-25(11-16(12-25)13-27)33-31-15-24(32-33)20-8-18(9-23-19(20)2-1-6-28-23)22-10-21-17(14-30-22)3-7-29-21/h1-2,6,8-10,14-16,29H,3-4,7,11-12H2. The second kappa shape index (κ2) is 7.39. The maximum atomic E-state index is 9.36. The number of hydrogen-bond acceptors (Lipinski definition) is 7. The SMILES string of the molecule is N#CCC1(n2ncc(-c3cc(-c4cc5c(cn4)CCN5)cc4ncccc34)n2)CC(C#N)C1. The largest absolute Gasteiger partial charge is 0.384 e. The van der Waals surface area contributed by atoms with Crippen molar-refractivity contribution >= 4 is 16.6 Å². The normalized spacial score (nSPS) is 21.0. The summed E-state index contributed by atoms with van der Waals surface area (Å²) in [4.78, 5) is 10.9. The van der Waals surface area contributed by atoms with Crippen molar-refractivity contribution in [1.29, 1.82) is 10.5 Å². The van der Waals surface area contributed by atoms with E-state index < -0.39 is 5.54 Å². The number of anilines is 1. The van der Waals surface area contributed by atoms with Gasteiger partial charge in [0.1, 0.15) is 5.69 Å². The number of aromatic nitrogens is 5. The molecule has 2 aliphatic rings. The molecule has 8 nitrogen and oxygen atoms in total. The first-order valence-electron chi connectivity index (χ1n) is 11.0. The summed E-state index contributed by atoms with van der Waals surface area (Å²) >= 11 is 0. The average Bonchev–Trinajstić information content (AvgIpc) is 3.50. The van der Waals surface area contributed by atoms with Crippen molar-refractivity contribution in [3.8, 4) is 34.7 Å². The molecule has 1 aromatic carbocycles. The highest BCUT2D eigenvalue weighted by molar-refractivity contribution is 5.97. The van der Waals surface area contributed by atoms with Crippen molar-refractivity contribution in [2.24, 2.45) is 5.92 Å². The predicted octanol–water partition coefficient (Wildman–Crippen LogP) is 4.07. The van der Waals surface area contributed by atoms with Gasteiger partial charge in [-0.25, -0.2) is 0 Å². The van der Waals surface area contributed by atoms with Crippen LogP contribution in [-0.2, 0) is 12.0 Å². The number of hydrogen-bond donors (Lipinski definition) is 1. The highest BCUT2D eigenvalue weighted by atomic mass is 15.5. The maximum Gasteiger partial charge on any atom is 0.113 e. The van der Waals surface area contributed by atoms with Crippen LogP contribution in [0.15, 0.2) is 48.9 Å². The first-order chi connectivity index (χ1) is 16.2. The topological polar surface area (TPSA) is 116 Å². The van der Waals surface area contributed by atoms with Gasteiger partial charge in [-0.1, -0.05) is 6.07 Å². The van der Waals surface area contributed by atoms with Gasteiger partial charge in [-0.3, -0.25) is 9.97 Å². The summed E-state index contributed by atoms with van der Waals surface area (Å²) in [6, 6.07) is 14.7. The highest BCUT2D eigenvalue weighted by Gasteiger charge is 2.48. The number of pyridine rings is 2. The molecule has 33 heavy (non-hydrogen) atoms. The smallest absolute Gasteiger partial charge is 0.113 e. The lowest BCUT2D eigenvalue weighted by Crippen LogP contribution is -2.47. The zero-order chi connectivity index (χ0) is 22.4. The number of nitrogens with one attached hydrogen (secondary N) is 1. The first-order valence-corrected chi connectivity index (χ1v) is 11.0. The fraction of sp³-hybridized carbons (Fsp3) is 0.280. The van der Waals surface area contributed by atoms with Crippen molar-refractivity contribution in [1.82, 2.24) is 25.0 Å². The van der Waals surface area contributed by atoms with E-state index in [-0.39, 0.29) is 12.3 Å². The van der Waals surface area contributed by atoms with Crippen molar-refractivity contribution in [3.63, 3.8) is 0 Å². The summed E-state index contributed by atoms with van der Waals surface area (Å²) in [7, 11) is 0. The van der Waals surface area contributed by atoms with Gasteiger partial charge >= 0.3 is 0 Å². The Kier molecular flexibility index (Phi) is 4.34. The molecule has 1 aliphatic heterocycles. The van der Waals surface area contributed by atoms with E-state index in [2.05, 4.69) is 39.7 Å². The maximum absolute atomic E-state index is 9.36. The fourth-order valence-corrected chi connectivity index (χ4v) is 4.97. The summed E-state index contributed by atoms with van der Waals surface area (Å²) in [5.74, 6) is -0.0550. The third-order valence-corrected chi connectivity index (χ3v) is 6.75. The molecule has 6 rings (SSSR count). The van der Waals surface area contributed by atoms with Gasteiger partial charge in [-0.05, 0) is 49.1 Å². The number of rotatable bonds is 4. The summed E-state index contributed by atoms with van der Waals surface area (Å²) in [5, 5.41) is 32.3. The number of benzene rings is 1. The molecule has 1 aliphatic carbocycles. The van der Waals surface area contributed by atoms with Crippen LogP contribution in [0, 0.1) is 28.6 Å². The zero-order valence-corrected chi connectivity index (χ0v) is 17.9. The lowest BCUT2D eigenvalue weighted by molar-refractivity contribution is 0.0713. The van der Waals surface area contributed by atoms with Gasteiger partial charge in [0.2, 0.25) is 0 Å². The van der Waals surface area contributed by atoms with E-state index in [1.54, 1.807) is 17.2 Å². The quantitative estimate of drug-likeness (QED) is 0.517. The Balaban J connectivity index is 1.46. The Morgan fingerprint density at radius 1 is 1.12 bits per heavy atom. The number of nitriles is 2.